The van der Waals surface area contributed by atoms with Crippen LogP contribution in [0.15, 0.2) is 103 Å². The zero-order chi connectivity index (χ0) is 27.4. The average Bonchev–Trinajstić information content (AvgIpc) is 2.93. The predicted octanol–water partition coefficient (Wildman–Crippen LogP) is 4.98. The third-order valence-electron chi connectivity index (χ3n) is 6.33. The molecule has 0 spiro atoms. The van der Waals surface area contributed by atoms with Crippen molar-refractivity contribution in [2.75, 3.05) is 13.7 Å². The van der Waals surface area contributed by atoms with Crippen molar-refractivity contribution in [2.45, 2.75) is 44.9 Å². The van der Waals surface area contributed by atoms with Crippen LogP contribution in [0.1, 0.15) is 32.8 Å². The number of benzene rings is 3. The summed E-state index contributed by atoms with van der Waals surface area (Å²) < 4.78 is 17.2. The fraction of sp³-hybridized carbons (Fsp3) is 0.290. The van der Waals surface area contributed by atoms with E-state index in [1.807, 2.05) is 66.7 Å². The van der Waals surface area contributed by atoms with Crippen LogP contribution < -0.4 is 15.7 Å². The fourth-order valence-corrected chi connectivity index (χ4v) is 9.09. The number of nitrogens with one attached hydrogen (secondary N) is 1. The predicted molar refractivity (Wildman–Crippen MR) is 153 cm³/mol. The highest BCUT2D eigenvalue weighted by Crippen LogP contribution is 2.36. The van der Waals surface area contributed by atoms with Crippen molar-refractivity contribution in [3.8, 4) is 0 Å². The lowest BCUT2D eigenvalue weighted by Crippen LogP contribution is -2.67. The fourth-order valence-electron chi connectivity index (χ4n) is 4.48. The molecule has 0 aliphatic heterocycles. The van der Waals surface area contributed by atoms with Crippen LogP contribution in [-0.4, -0.2) is 40.1 Å². The van der Waals surface area contributed by atoms with Gasteiger partial charge in [-0.3, -0.25) is 0 Å². The summed E-state index contributed by atoms with van der Waals surface area (Å²) in [6, 6.07) is 29.7. The number of amides is 1. The quantitative estimate of drug-likeness (QED) is 0.215. The first kappa shape index (κ1) is 28.9. The first-order chi connectivity index (χ1) is 18.3. The Bertz CT molecular complexity index is 1140. The third kappa shape index (κ3) is 7.66. The maximum absolute atomic E-state index is 12.7. The lowest BCUT2D eigenvalue weighted by Gasteiger charge is -2.43. The van der Waals surface area contributed by atoms with E-state index in [2.05, 4.69) is 50.4 Å². The van der Waals surface area contributed by atoms with Gasteiger partial charge in [-0.05, 0) is 27.4 Å². The Kier molecular flexibility index (Phi) is 10.4. The van der Waals surface area contributed by atoms with Gasteiger partial charge in [0.15, 0.2) is 0 Å². The highest BCUT2D eigenvalue weighted by Gasteiger charge is 2.50. The SMILES string of the molecule is COC(=O)C=CC[C@@H](CO[Si](c1ccccc1)(c1ccccc1)C(C)(C)C)NC(=O)OCc1ccccc1. The summed E-state index contributed by atoms with van der Waals surface area (Å²) in [6.07, 6.45) is 2.86. The highest BCUT2D eigenvalue weighted by atomic mass is 28.4. The van der Waals surface area contributed by atoms with Gasteiger partial charge in [0.05, 0.1) is 19.8 Å². The first-order valence-electron chi connectivity index (χ1n) is 12.7. The van der Waals surface area contributed by atoms with Crippen molar-refractivity contribution in [1.82, 2.24) is 5.32 Å². The lowest BCUT2D eigenvalue weighted by atomic mass is 10.2. The normalized spacial score (nSPS) is 12.6. The number of hydrogen-bond acceptors (Lipinski definition) is 5. The molecule has 38 heavy (non-hydrogen) atoms. The highest BCUT2D eigenvalue weighted by molar-refractivity contribution is 6.99. The smallest absolute Gasteiger partial charge is 0.407 e. The van der Waals surface area contributed by atoms with Crippen molar-refractivity contribution in [1.29, 1.82) is 0 Å². The molecule has 0 aliphatic carbocycles. The Labute approximate surface area is 226 Å². The van der Waals surface area contributed by atoms with Gasteiger partial charge in [0, 0.05) is 6.08 Å². The van der Waals surface area contributed by atoms with Gasteiger partial charge < -0.3 is 19.2 Å². The molecule has 0 aliphatic rings. The van der Waals surface area contributed by atoms with Crippen molar-refractivity contribution < 1.29 is 23.5 Å². The zero-order valence-corrected chi connectivity index (χ0v) is 23.6. The van der Waals surface area contributed by atoms with Crippen molar-refractivity contribution >= 4 is 30.8 Å². The van der Waals surface area contributed by atoms with E-state index in [0.29, 0.717) is 6.42 Å². The van der Waals surface area contributed by atoms with Gasteiger partial charge in [0.2, 0.25) is 0 Å². The summed E-state index contributed by atoms with van der Waals surface area (Å²) >= 11 is 0. The van der Waals surface area contributed by atoms with Gasteiger partial charge >= 0.3 is 12.1 Å². The molecule has 1 atom stereocenters. The number of carbonyl (C=O) groups is 2. The molecule has 6 nitrogen and oxygen atoms in total. The number of alkyl carbamates (subject to hydrolysis) is 1. The molecule has 7 heteroatoms. The molecule has 0 saturated heterocycles. The molecule has 3 aromatic carbocycles. The van der Waals surface area contributed by atoms with E-state index < -0.39 is 26.4 Å². The van der Waals surface area contributed by atoms with E-state index >= 15 is 0 Å². The van der Waals surface area contributed by atoms with Crippen LogP contribution in [0, 0.1) is 0 Å². The van der Waals surface area contributed by atoms with Gasteiger partial charge in [-0.1, -0.05) is 118 Å². The van der Waals surface area contributed by atoms with E-state index in [1.54, 1.807) is 6.08 Å². The summed E-state index contributed by atoms with van der Waals surface area (Å²) in [4.78, 5) is 24.4. The Balaban J connectivity index is 1.87. The second-order valence-electron chi connectivity index (χ2n) is 10.0. The van der Waals surface area contributed by atoms with E-state index in [-0.39, 0.29) is 18.3 Å². The van der Waals surface area contributed by atoms with Gasteiger partial charge in [0.25, 0.3) is 8.32 Å². The minimum Gasteiger partial charge on any atom is -0.466 e. The van der Waals surface area contributed by atoms with E-state index in [4.69, 9.17) is 13.9 Å². The Morgan fingerprint density at radius 1 is 0.868 bits per heavy atom. The topological polar surface area (TPSA) is 73.9 Å². The van der Waals surface area contributed by atoms with Crippen LogP contribution in [0.4, 0.5) is 4.79 Å². The summed E-state index contributed by atoms with van der Waals surface area (Å²) in [7, 11) is -1.48. The monoisotopic (exact) mass is 531 g/mol. The second kappa shape index (κ2) is 13.7. The largest absolute Gasteiger partial charge is 0.466 e. The van der Waals surface area contributed by atoms with Crippen LogP contribution in [0.2, 0.25) is 5.04 Å². The van der Waals surface area contributed by atoms with E-state index in [9.17, 15) is 9.59 Å². The standard InChI is InChI=1S/C31H37NO5Si/c1-31(2,3)38(27-18-10-6-11-19-27,28-20-12-7-13-21-28)37-24-26(17-14-22-29(33)35-4)32-30(34)36-23-25-15-8-5-9-16-25/h5-16,18-22,26H,17,23-24H2,1-4H3,(H,32,34)/t26-/m0/s1. The van der Waals surface area contributed by atoms with Crippen LogP contribution in [0.25, 0.3) is 0 Å². The van der Waals surface area contributed by atoms with Gasteiger partial charge in [0.1, 0.15) is 6.61 Å². The van der Waals surface area contributed by atoms with Gasteiger partial charge in [-0.25, -0.2) is 9.59 Å². The molecule has 1 amide bonds. The molecule has 0 bridgehead atoms. The maximum Gasteiger partial charge on any atom is 0.407 e. The molecule has 3 aromatic rings. The van der Waals surface area contributed by atoms with Crippen LogP contribution in [0.3, 0.4) is 0 Å². The number of esters is 1. The van der Waals surface area contributed by atoms with Crippen molar-refractivity contribution in [3.63, 3.8) is 0 Å². The van der Waals surface area contributed by atoms with E-state index in [1.165, 1.54) is 13.2 Å². The van der Waals surface area contributed by atoms with Crippen LogP contribution >= 0.6 is 0 Å². The van der Waals surface area contributed by atoms with Crippen molar-refractivity contribution in [3.05, 3.63) is 109 Å². The molecule has 3 rings (SSSR count). The summed E-state index contributed by atoms with van der Waals surface area (Å²) in [6.45, 7) is 7.00. The zero-order valence-electron chi connectivity index (χ0n) is 22.6. The summed E-state index contributed by atoms with van der Waals surface area (Å²) in [5.74, 6) is -0.455. The molecule has 0 aromatic heterocycles. The molecule has 200 valence electrons. The molecule has 0 unspecified atom stereocenters. The molecule has 1 N–H and O–H groups in total. The number of ether oxygens (including phenoxy) is 2. The average molecular weight is 532 g/mol. The minimum absolute atomic E-state index is 0.160. The number of carbonyl (C=O) groups excluding carboxylic acids is 2. The Hall–Kier alpha value is -3.68. The Morgan fingerprint density at radius 2 is 1.39 bits per heavy atom. The number of rotatable bonds is 11. The van der Waals surface area contributed by atoms with Gasteiger partial charge in [-0.2, -0.15) is 0 Å². The van der Waals surface area contributed by atoms with Crippen LogP contribution in [0.5, 0.6) is 0 Å². The van der Waals surface area contributed by atoms with Crippen LogP contribution in [-0.2, 0) is 25.3 Å². The maximum atomic E-state index is 12.7. The first-order valence-corrected chi connectivity index (χ1v) is 14.6. The minimum atomic E-state index is -2.81. The summed E-state index contributed by atoms with van der Waals surface area (Å²) in [5, 5.41) is 5.02. The second-order valence-corrected chi connectivity index (χ2v) is 14.3. The molecular formula is C31H37NO5Si. The molecule has 0 radical (unpaired) electrons. The molecular weight excluding hydrogens is 494 g/mol. The van der Waals surface area contributed by atoms with E-state index in [0.717, 1.165) is 15.9 Å². The summed E-state index contributed by atoms with van der Waals surface area (Å²) in [5.41, 5.74) is 0.897. The molecule has 0 heterocycles. The number of methoxy groups -OCH3 is 1. The lowest BCUT2D eigenvalue weighted by molar-refractivity contribution is -0.134. The molecule has 0 saturated carbocycles. The van der Waals surface area contributed by atoms with Gasteiger partial charge in [-0.15, -0.1) is 0 Å². The third-order valence-corrected chi connectivity index (χ3v) is 11.3. The number of hydrogen-bond donors (Lipinski definition) is 1. The van der Waals surface area contributed by atoms with Crippen molar-refractivity contribution in [2.24, 2.45) is 0 Å². The Morgan fingerprint density at radius 3 is 1.89 bits per heavy atom. The molecule has 0 fully saturated rings.